The zero-order chi connectivity index (χ0) is 16.2. The summed E-state index contributed by atoms with van der Waals surface area (Å²) in [4.78, 5) is 32.5. The molecule has 0 radical (unpaired) electrons. The third kappa shape index (κ3) is 3.23. The first-order chi connectivity index (χ1) is 11.1. The van der Waals surface area contributed by atoms with Crippen molar-refractivity contribution in [1.82, 2.24) is 9.97 Å². The molecule has 0 aliphatic carbocycles. The van der Waals surface area contributed by atoms with E-state index < -0.39 is 17.9 Å². The fourth-order valence-electron chi connectivity index (χ4n) is 2.28. The Bertz CT molecular complexity index is 862. The molecule has 0 saturated heterocycles. The Hall–Kier alpha value is -3.08. The molecule has 3 rings (SSSR count). The Balaban J connectivity index is 2.03. The van der Waals surface area contributed by atoms with E-state index in [-0.39, 0.29) is 5.69 Å². The number of rotatable bonds is 4. The van der Waals surface area contributed by atoms with Crippen molar-refractivity contribution in [1.29, 1.82) is 0 Å². The van der Waals surface area contributed by atoms with Crippen molar-refractivity contribution < 1.29 is 14.3 Å². The third-order valence-corrected chi connectivity index (χ3v) is 3.33. The highest BCUT2D eigenvalue weighted by atomic mass is 16.5. The maximum atomic E-state index is 12.6. The second kappa shape index (κ2) is 6.36. The predicted molar refractivity (Wildman–Crippen MR) is 84.8 cm³/mol. The van der Waals surface area contributed by atoms with Gasteiger partial charge in [-0.15, -0.1) is 0 Å². The molecule has 2 heterocycles. The number of para-hydroxylation sites is 1. The quantitative estimate of drug-likeness (QED) is 0.547. The van der Waals surface area contributed by atoms with Crippen molar-refractivity contribution in [2.45, 2.75) is 13.0 Å². The van der Waals surface area contributed by atoms with E-state index in [0.717, 1.165) is 10.9 Å². The fourth-order valence-corrected chi connectivity index (χ4v) is 2.28. The van der Waals surface area contributed by atoms with Gasteiger partial charge in [0, 0.05) is 18.5 Å². The standard InChI is InChI=1S/C18H14N2O3/c1-12(21)23-18(17(22)15-8-4-5-11-19-15)16-10-9-13-6-2-3-7-14(13)20-16/h2-11,18H,1H3. The Morgan fingerprint density at radius 2 is 1.78 bits per heavy atom. The molecule has 5 nitrogen and oxygen atoms in total. The number of carbonyl (C=O) groups is 2. The van der Waals surface area contributed by atoms with Gasteiger partial charge in [-0.05, 0) is 24.3 Å². The van der Waals surface area contributed by atoms with Gasteiger partial charge in [-0.25, -0.2) is 4.98 Å². The smallest absolute Gasteiger partial charge is 0.303 e. The van der Waals surface area contributed by atoms with E-state index in [1.54, 1.807) is 24.3 Å². The maximum absolute atomic E-state index is 12.6. The zero-order valence-electron chi connectivity index (χ0n) is 12.5. The molecule has 0 aliphatic rings. The number of hydrogen-bond acceptors (Lipinski definition) is 5. The Morgan fingerprint density at radius 1 is 1.00 bits per heavy atom. The third-order valence-electron chi connectivity index (χ3n) is 3.33. The van der Waals surface area contributed by atoms with Crippen molar-refractivity contribution in [3.8, 4) is 0 Å². The Morgan fingerprint density at radius 3 is 2.52 bits per heavy atom. The number of ether oxygens (including phenoxy) is 1. The van der Waals surface area contributed by atoms with Crippen LogP contribution in [0.5, 0.6) is 0 Å². The number of carbonyl (C=O) groups excluding carboxylic acids is 2. The highest BCUT2D eigenvalue weighted by Crippen LogP contribution is 2.23. The number of ketones is 1. The summed E-state index contributed by atoms with van der Waals surface area (Å²) >= 11 is 0. The molecule has 114 valence electrons. The number of fused-ring (bicyclic) bond motifs is 1. The van der Waals surface area contributed by atoms with Crippen molar-refractivity contribution >= 4 is 22.7 Å². The summed E-state index contributed by atoms with van der Waals surface area (Å²) in [5.41, 5.74) is 1.35. The lowest BCUT2D eigenvalue weighted by Gasteiger charge is -2.15. The Kier molecular flexibility index (Phi) is 4.10. The van der Waals surface area contributed by atoms with E-state index in [1.165, 1.54) is 13.1 Å². The minimum Gasteiger partial charge on any atom is -0.447 e. The first kappa shape index (κ1) is 14.8. The topological polar surface area (TPSA) is 69.2 Å². The van der Waals surface area contributed by atoms with Gasteiger partial charge in [0.25, 0.3) is 0 Å². The van der Waals surface area contributed by atoms with Gasteiger partial charge in [0.2, 0.25) is 11.9 Å². The minimum absolute atomic E-state index is 0.230. The normalized spacial score (nSPS) is 11.9. The largest absolute Gasteiger partial charge is 0.447 e. The lowest BCUT2D eigenvalue weighted by Crippen LogP contribution is -2.20. The first-order valence-electron chi connectivity index (χ1n) is 7.13. The number of benzene rings is 1. The molecule has 0 spiro atoms. The highest BCUT2D eigenvalue weighted by molar-refractivity contribution is 5.99. The molecule has 0 N–H and O–H groups in total. The van der Waals surface area contributed by atoms with Gasteiger partial charge in [-0.2, -0.15) is 0 Å². The van der Waals surface area contributed by atoms with Crippen molar-refractivity contribution in [3.63, 3.8) is 0 Å². The van der Waals surface area contributed by atoms with Crippen molar-refractivity contribution in [3.05, 3.63) is 72.2 Å². The fraction of sp³-hybridized carbons (Fsp3) is 0.111. The molecule has 1 atom stereocenters. The predicted octanol–water partition coefficient (Wildman–Crippen LogP) is 3.12. The van der Waals surface area contributed by atoms with Gasteiger partial charge >= 0.3 is 5.97 Å². The second-order valence-corrected chi connectivity index (χ2v) is 5.00. The van der Waals surface area contributed by atoms with E-state index in [0.29, 0.717) is 5.69 Å². The summed E-state index contributed by atoms with van der Waals surface area (Å²) in [5, 5.41) is 0.947. The van der Waals surface area contributed by atoms with Crippen LogP contribution in [0.2, 0.25) is 0 Å². The number of pyridine rings is 2. The molecule has 0 saturated carbocycles. The molecule has 0 bridgehead atoms. The molecule has 0 fully saturated rings. The SMILES string of the molecule is CC(=O)OC(C(=O)c1ccccn1)c1ccc2ccccc2n1. The molecule has 23 heavy (non-hydrogen) atoms. The van der Waals surface area contributed by atoms with Crippen LogP contribution in [0.1, 0.15) is 29.2 Å². The molecular weight excluding hydrogens is 292 g/mol. The van der Waals surface area contributed by atoms with Crippen LogP contribution in [0.3, 0.4) is 0 Å². The monoisotopic (exact) mass is 306 g/mol. The average molecular weight is 306 g/mol. The maximum Gasteiger partial charge on any atom is 0.303 e. The minimum atomic E-state index is -1.10. The summed E-state index contributed by atoms with van der Waals surface area (Å²) in [6.45, 7) is 1.26. The number of nitrogens with zero attached hydrogens (tertiary/aromatic N) is 2. The van der Waals surface area contributed by atoms with Gasteiger partial charge in [0.05, 0.1) is 11.2 Å². The molecule has 5 heteroatoms. The summed E-state index contributed by atoms with van der Waals surface area (Å²) in [7, 11) is 0. The zero-order valence-corrected chi connectivity index (χ0v) is 12.5. The first-order valence-corrected chi connectivity index (χ1v) is 7.13. The van der Waals surface area contributed by atoms with Crippen LogP contribution in [0, 0.1) is 0 Å². The van der Waals surface area contributed by atoms with Gasteiger partial charge < -0.3 is 4.74 Å². The van der Waals surface area contributed by atoms with Crippen LogP contribution in [-0.2, 0) is 9.53 Å². The molecular formula is C18H14N2O3. The van der Waals surface area contributed by atoms with Crippen LogP contribution in [-0.4, -0.2) is 21.7 Å². The number of Topliss-reactive ketones (excluding diaryl/α,β-unsaturated/α-hetero) is 1. The van der Waals surface area contributed by atoms with Gasteiger partial charge in [0.15, 0.2) is 0 Å². The van der Waals surface area contributed by atoms with Crippen LogP contribution in [0.4, 0.5) is 0 Å². The molecule has 2 aromatic heterocycles. The van der Waals surface area contributed by atoms with E-state index in [1.807, 2.05) is 30.3 Å². The van der Waals surface area contributed by atoms with Gasteiger partial charge in [-0.3, -0.25) is 14.6 Å². The Labute approximate surface area is 133 Å². The molecule has 3 aromatic rings. The van der Waals surface area contributed by atoms with Gasteiger partial charge in [0.1, 0.15) is 5.69 Å². The van der Waals surface area contributed by atoms with Gasteiger partial charge in [-0.1, -0.05) is 30.3 Å². The van der Waals surface area contributed by atoms with E-state index in [2.05, 4.69) is 9.97 Å². The number of hydrogen-bond donors (Lipinski definition) is 0. The summed E-state index contributed by atoms with van der Waals surface area (Å²) in [6.07, 6.45) is 0.415. The summed E-state index contributed by atoms with van der Waals surface area (Å²) in [5.74, 6) is -0.946. The average Bonchev–Trinajstić information content (AvgIpc) is 2.59. The lowest BCUT2D eigenvalue weighted by molar-refractivity contribution is -0.144. The highest BCUT2D eigenvalue weighted by Gasteiger charge is 2.27. The van der Waals surface area contributed by atoms with E-state index in [9.17, 15) is 9.59 Å². The van der Waals surface area contributed by atoms with Crippen LogP contribution >= 0.6 is 0 Å². The van der Waals surface area contributed by atoms with Crippen LogP contribution < -0.4 is 0 Å². The van der Waals surface area contributed by atoms with E-state index >= 15 is 0 Å². The lowest BCUT2D eigenvalue weighted by atomic mass is 10.1. The molecule has 1 aromatic carbocycles. The summed E-state index contributed by atoms with van der Waals surface area (Å²) in [6, 6.07) is 16.1. The number of esters is 1. The van der Waals surface area contributed by atoms with Crippen molar-refractivity contribution in [2.75, 3.05) is 0 Å². The molecule has 0 amide bonds. The molecule has 1 unspecified atom stereocenters. The number of aromatic nitrogens is 2. The van der Waals surface area contributed by atoms with Crippen LogP contribution in [0.25, 0.3) is 10.9 Å². The second-order valence-electron chi connectivity index (χ2n) is 5.00. The summed E-state index contributed by atoms with van der Waals surface area (Å²) < 4.78 is 5.21. The van der Waals surface area contributed by atoms with Crippen LogP contribution in [0.15, 0.2) is 60.8 Å². The van der Waals surface area contributed by atoms with E-state index in [4.69, 9.17) is 4.74 Å². The van der Waals surface area contributed by atoms with Crippen molar-refractivity contribution in [2.24, 2.45) is 0 Å². The molecule has 0 aliphatic heterocycles.